The molecule has 4 heteroatoms. The summed E-state index contributed by atoms with van der Waals surface area (Å²) in [6.07, 6.45) is 2.35. The highest BCUT2D eigenvalue weighted by Gasteiger charge is 2.31. The third kappa shape index (κ3) is 2.91. The van der Waals surface area contributed by atoms with Gasteiger partial charge >= 0.3 is 0 Å². The summed E-state index contributed by atoms with van der Waals surface area (Å²) in [7, 11) is 0. The van der Waals surface area contributed by atoms with Crippen LogP contribution >= 0.6 is 0 Å². The second-order valence-electron chi connectivity index (χ2n) is 7.42. The second-order valence-corrected chi connectivity index (χ2v) is 7.42. The van der Waals surface area contributed by atoms with Crippen LogP contribution in [0.3, 0.4) is 0 Å². The molecule has 1 heterocycles. The maximum atomic E-state index is 13.3. The number of ether oxygens (including phenoxy) is 1. The van der Waals surface area contributed by atoms with Crippen LogP contribution in [0.5, 0.6) is 5.75 Å². The van der Waals surface area contributed by atoms with Gasteiger partial charge in [-0.1, -0.05) is 49.7 Å². The predicted octanol–water partition coefficient (Wildman–Crippen LogP) is 5.57. The molecule has 0 unspecified atom stereocenters. The zero-order valence-corrected chi connectivity index (χ0v) is 16.5. The fraction of sp³-hybridized carbons (Fsp3) is 0.240. The summed E-state index contributed by atoms with van der Waals surface area (Å²) < 4.78 is 12.2. The molecule has 0 bridgehead atoms. The second kappa shape index (κ2) is 7.37. The molecule has 0 spiro atoms. The summed E-state index contributed by atoms with van der Waals surface area (Å²) in [6, 6.07) is 17.6. The lowest BCUT2D eigenvalue weighted by Gasteiger charge is -2.18. The molecule has 3 aromatic carbocycles. The maximum absolute atomic E-state index is 13.3. The minimum atomic E-state index is 0.0152. The number of rotatable bonds is 7. The molecule has 1 N–H and O–H groups in total. The minimum absolute atomic E-state index is 0.0152. The van der Waals surface area contributed by atoms with E-state index < -0.39 is 0 Å². The van der Waals surface area contributed by atoms with Crippen molar-refractivity contribution >= 4 is 27.5 Å². The van der Waals surface area contributed by atoms with Crippen molar-refractivity contribution in [2.24, 2.45) is 0 Å². The first-order valence-corrected chi connectivity index (χ1v) is 10.3. The van der Waals surface area contributed by atoms with Gasteiger partial charge in [0, 0.05) is 33.8 Å². The number of hydrogen-bond acceptors (Lipinski definition) is 4. The van der Waals surface area contributed by atoms with Crippen molar-refractivity contribution in [2.75, 3.05) is 19.7 Å². The topological polar surface area (TPSA) is 51.5 Å². The van der Waals surface area contributed by atoms with Crippen LogP contribution in [0, 0.1) is 0 Å². The summed E-state index contributed by atoms with van der Waals surface area (Å²) in [5.74, 6) is 1.48. The average Bonchev–Trinajstić information content (AvgIpc) is 3.14. The Morgan fingerprint density at radius 1 is 0.931 bits per heavy atom. The van der Waals surface area contributed by atoms with E-state index in [-0.39, 0.29) is 5.78 Å². The van der Waals surface area contributed by atoms with Gasteiger partial charge in [0.2, 0.25) is 0 Å². The first-order valence-electron chi connectivity index (χ1n) is 10.3. The predicted molar refractivity (Wildman–Crippen MR) is 116 cm³/mol. The monoisotopic (exact) mass is 385 g/mol. The van der Waals surface area contributed by atoms with E-state index >= 15 is 0 Å². The molecule has 0 saturated heterocycles. The van der Waals surface area contributed by atoms with Gasteiger partial charge in [-0.3, -0.25) is 4.79 Å². The van der Waals surface area contributed by atoms with E-state index in [1.165, 1.54) is 12.8 Å². The lowest BCUT2D eigenvalue weighted by atomic mass is 9.85. The van der Waals surface area contributed by atoms with Gasteiger partial charge in [-0.15, -0.1) is 0 Å². The van der Waals surface area contributed by atoms with Gasteiger partial charge < -0.3 is 14.5 Å². The zero-order valence-electron chi connectivity index (χ0n) is 16.5. The first-order chi connectivity index (χ1) is 14.3. The normalized spacial score (nSPS) is 12.5. The maximum Gasteiger partial charge on any atom is 0.198 e. The molecular formula is C25H23NO3. The number of ketones is 1. The summed E-state index contributed by atoms with van der Waals surface area (Å²) in [4.78, 5) is 13.3. The highest BCUT2D eigenvalue weighted by Crippen LogP contribution is 2.45. The first kappa shape index (κ1) is 18.0. The molecule has 1 aliphatic rings. The standard InChI is InChI=1S/C25H23NO3/c1-2-3-13-26-14-15-28-20-12-11-19-22-16(20)8-6-9-18(22)24(27)23-17-7-4-5-10-21(17)29-25(19)23/h4-12,26H,2-3,13-15H2,1H3. The molecule has 29 heavy (non-hydrogen) atoms. The van der Waals surface area contributed by atoms with E-state index in [4.69, 9.17) is 9.15 Å². The van der Waals surface area contributed by atoms with Crippen LogP contribution in [0.25, 0.3) is 33.1 Å². The fourth-order valence-corrected chi connectivity index (χ4v) is 4.14. The number of unbranched alkanes of at least 4 members (excludes halogenated alkanes) is 1. The summed E-state index contributed by atoms with van der Waals surface area (Å²) in [5, 5.41) is 6.13. The van der Waals surface area contributed by atoms with Gasteiger partial charge in [0.15, 0.2) is 5.78 Å². The van der Waals surface area contributed by atoms with Crippen LogP contribution in [-0.4, -0.2) is 25.5 Å². The van der Waals surface area contributed by atoms with Crippen molar-refractivity contribution in [2.45, 2.75) is 19.8 Å². The van der Waals surface area contributed by atoms with Crippen LogP contribution in [0.2, 0.25) is 0 Å². The van der Waals surface area contributed by atoms with Gasteiger partial charge in [-0.2, -0.15) is 0 Å². The van der Waals surface area contributed by atoms with Crippen LogP contribution < -0.4 is 10.1 Å². The van der Waals surface area contributed by atoms with E-state index in [2.05, 4.69) is 12.2 Å². The Hall–Kier alpha value is -3.11. The van der Waals surface area contributed by atoms with Gasteiger partial charge in [0.05, 0.1) is 5.56 Å². The SMILES string of the molecule is CCCCNCCOc1ccc2c3c(cccc13)C(=O)c1c-2oc2ccccc12. The quantitative estimate of drug-likeness (QED) is 0.372. The molecule has 0 atom stereocenters. The van der Waals surface area contributed by atoms with E-state index in [0.717, 1.165) is 46.1 Å². The number of carbonyl (C=O) groups excluding carboxylic acids is 1. The third-order valence-corrected chi connectivity index (χ3v) is 5.56. The van der Waals surface area contributed by atoms with E-state index in [0.29, 0.717) is 23.5 Å². The highest BCUT2D eigenvalue weighted by atomic mass is 16.5. The van der Waals surface area contributed by atoms with Crippen LogP contribution in [0.4, 0.5) is 0 Å². The lowest BCUT2D eigenvalue weighted by molar-refractivity contribution is 0.104. The van der Waals surface area contributed by atoms with Gasteiger partial charge in [0.1, 0.15) is 23.7 Å². The number of nitrogens with one attached hydrogen (secondary N) is 1. The number of hydrogen-bond donors (Lipinski definition) is 1. The molecule has 0 fully saturated rings. The molecule has 4 aromatic rings. The third-order valence-electron chi connectivity index (χ3n) is 5.56. The Labute approximate surface area is 169 Å². The smallest absolute Gasteiger partial charge is 0.198 e. The lowest BCUT2D eigenvalue weighted by Crippen LogP contribution is -2.22. The van der Waals surface area contributed by atoms with Crippen LogP contribution in [0.1, 0.15) is 35.7 Å². The molecule has 0 saturated carbocycles. The number of fused-ring (bicyclic) bond motifs is 4. The number of para-hydroxylation sites is 1. The summed E-state index contributed by atoms with van der Waals surface area (Å²) >= 11 is 0. The van der Waals surface area contributed by atoms with Crippen molar-refractivity contribution in [3.8, 4) is 17.1 Å². The van der Waals surface area contributed by atoms with Crippen molar-refractivity contribution < 1.29 is 13.9 Å². The molecule has 0 aliphatic heterocycles. The molecule has 1 aliphatic carbocycles. The fourth-order valence-electron chi connectivity index (χ4n) is 4.14. The molecule has 146 valence electrons. The van der Waals surface area contributed by atoms with Crippen LogP contribution in [-0.2, 0) is 0 Å². The Morgan fingerprint density at radius 2 is 1.79 bits per heavy atom. The van der Waals surface area contributed by atoms with Gasteiger partial charge in [0.25, 0.3) is 0 Å². The van der Waals surface area contributed by atoms with Gasteiger partial charge in [-0.25, -0.2) is 0 Å². The largest absolute Gasteiger partial charge is 0.492 e. The van der Waals surface area contributed by atoms with E-state index in [1.54, 1.807) is 0 Å². The molecule has 0 radical (unpaired) electrons. The highest BCUT2D eigenvalue weighted by molar-refractivity contribution is 6.29. The van der Waals surface area contributed by atoms with Gasteiger partial charge in [-0.05, 0) is 31.2 Å². The van der Waals surface area contributed by atoms with Crippen molar-refractivity contribution in [1.82, 2.24) is 5.32 Å². The molecule has 5 rings (SSSR count). The van der Waals surface area contributed by atoms with Crippen molar-refractivity contribution in [3.05, 3.63) is 65.7 Å². The minimum Gasteiger partial charge on any atom is -0.492 e. The molecule has 1 aromatic heterocycles. The summed E-state index contributed by atoms with van der Waals surface area (Å²) in [6.45, 7) is 4.58. The van der Waals surface area contributed by atoms with E-state index in [1.807, 2.05) is 54.6 Å². The molecule has 4 nitrogen and oxygen atoms in total. The number of furan rings is 1. The Kier molecular flexibility index (Phi) is 4.57. The van der Waals surface area contributed by atoms with Crippen LogP contribution in [0.15, 0.2) is 59.0 Å². The zero-order chi connectivity index (χ0) is 19.8. The number of benzene rings is 3. The Balaban J connectivity index is 1.55. The number of carbonyl (C=O) groups is 1. The van der Waals surface area contributed by atoms with Crippen molar-refractivity contribution in [1.29, 1.82) is 0 Å². The van der Waals surface area contributed by atoms with E-state index in [9.17, 15) is 4.79 Å². The van der Waals surface area contributed by atoms with Crippen molar-refractivity contribution in [3.63, 3.8) is 0 Å². The average molecular weight is 385 g/mol. The Bertz CT molecular complexity index is 1220. The molecular weight excluding hydrogens is 362 g/mol. The Morgan fingerprint density at radius 3 is 2.69 bits per heavy atom. The summed E-state index contributed by atoms with van der Waals surface area (Å²) in [5.41, 5.74) is 3.07. The molecule has 0 amide bonds.